The molecule has 5 aliphatic rings. The van der Waals surface area contributed by atoms with Gasteiger partial charge in [0.05, 0.1) is 6.61 Å². The third kappa shape index (κ3) is 10.4. The van der Waals surface area contributed by atoms with Crippen LogP contribution in [-0.2, 0) is 18.6 Å². The largest absolute Gasteiger partial charge is 0.446 e. The smallest absolute Gasteiger partial charge is 0.407 e. The second-order valence-electron chi connectivity index (χ2n) is 18.6. The van der Waals surface area contributed by atoms with E-state index in [0.29, 0.717) is 18.6 Å². The average Bonchev–Trinajstić information content (AvgIpc) is 3.43. The van der Waals surface area contributed by atoms with E-state index in [1.54, 1.807) is 5.57 Å². The molecule has 4 fully saturated rings. The number of ether oxygens (including phenoxy) is 1. The van der Waals surface area contributed by atoms with Gasteiger partial charge in [0.25, 0.3) is 0 Å². The molecule has 5 aliphatic carbocycles. The molecule has 0 aromatic heterocycles. The quantitative estimate of drug-likeness (QED) is 0.0827. The number of hydrogen-bond acceptors (Lipinski definition) is 5. The van der Waals surface area contributed by atoms with Crippen molar-refractivity contribution in [2.45, 2.75) is 169 Å². The number of nitrogens with one attached hydrogen (secondary N) is 2. The minimum absolute atomic E-state index is 0.000280. The fourth-order valence-electron chi connectivity index (χ4n) is 11.8. The van der Waals surface area contributed by atoms with E-state index in [9.17, 15) is 14.2 Å². The Morgan fingerprint density at radius 2 is 1.67 bits per heavy atom. The molecule has 5 rings (SSSR count). The van der Waals surface area contributed by atoms with Crippen molar-refractivity contribution in [3.63, 3.8) is 0 Å². The first-order chi connectivity index (χ1) is 24.2. The van der Waals surface area contributed by atoms with Gasteiger partial charge in [0, 0.05) is 31.6 Å². The normalized spacial score (nSPS) is 36.5. The van der Waals surface area contributed by atoms with Gasteiger partial charge in [-0.2, -0.15) is 0 Å². The van der Waals surface area contributed by atoms with Crippen LogP contribution < -0.4 is 10.6 Å². The van der Waals surface area contributed by atoms with Crippen molar-refractivity contribution in [2.75, 3.05) is 19.8 Å². The molecule has 0 heterocycles. The molecule has 0 saturated heterocycles. The molecular weight excluding hydrogens is 659 g/mol. The summed E-state index contributed by atoms with van der Waals surface area (Å²) >= 11 is 0. The van der Waals surface area contributed by atoms with Gasteiger partial charge in [0.1, 0.15) is 6.10 Å². The highest BCUT2D eigenvalue weighted by molar-refractivity contribution is 7.51. The molecule has 2 amide bonds. The van der Waals surface area contributed by atoms with Crippen LogP contribution in [0.2, 0.25) is 0 Å². The molecule has 9 heteroatoms. The van der Waals surface area contributed by atoms with Crippen LogP contribution in [0.3, 0.4) is 0 Å². The fourth-order valence-corrected chi connectivity index (χ4v) is 12.2. The topological polar surface area (TPSA) is 114 Å². The molecule has 0 bridgehead atoms. The zero-order chi connectivity index (χ0) is 36.8. The summed E-state index contributed by atoms with van der Waals surface area (Å²) in [6, 6.07) is 0.0642. The van der Waals surface area contributed by atoms with E-state index in [2.05, 4.69) is 51.3 Å². The van der Waals surface area contributed by atoms with E-state index in [0.717, 1.165) is 106 Å². The molecule has 0 aromatic rings. The molecule has 0 aliphatic heterocycles. The van der Waals surface area contributed by atoms with Crippen LogP contribution in [0.25, 0.3) is 0 Å². The van der Waals surface area contributed by atoms with Crippen molar-refractivity contribution in [1.29, 1.82) is 0 Å². The monoisotopic (exact) mass is 733 g/mol. The number of rotatable bonds is 16. The van der Waals surface area contributed by atoms with Crippen LogP contribution in [0.15, 0.2) is 11.6 Å². The Balaban J connectivity index is 1.01. The molecule has 9 atom stereocenters. The van der Waals surface area contributed by atoms with Crippen LogP contribution in [0, 0.1) is 52.3 Å². The third-order valence-corrected chi connectivity index (χ3v) is 15.3. The number of amides is 2. The van der Waals surface area contributed by atoms with Gasteiger partial charge in [0.2, 0.25) is 5.91 Å². The summed E-state index contributed by atoms with van der Waals surface area (Å²) in [6.45, 7) is 14.6. The third-order valence-electron chi connectivity index (χ3n) is 14.7. The van der Waals surface area contributed by atoms with Crippen LogP contribution >= 0.6 is 7.60 Å². The Hall–Kier alpha value is -1.37. The standard InChI is InChI=1S/C42H73N2O6P/c1-29(2)12-11-13-30(3)36-20-21-37-35-19-16-32-28-34(22-24-41(32,4)38(35)23-25-42(36,37)5)50-40(46)44-33-17-14-31(15-18-33)39(45)43-26-9-7-8-10-27-49-51(6,47)48/h16,29-31,33-38H,7-15,17-28H2,1-6H3,(H,43,45)(H,44,46)(H,47,48)/t30-,31?,33?,34+,35+,36-,37+,38+,41+,42-/m1/s1. The first-order valence-electron chi connectivity index (χ1n) is 21.1. The van der Waals surface area contributed by atoms with Crippen LogP contribution in [0.1, 0.15) is 157 Å². The zero-order valence-electron chi connectivity index (χ0n) is 33.1. The first-order valence-corrected chi connectivity index (χ1v) is 23.1. The molecule has 0 spiro atoms. The Labute approximate surface area is 310 Å². The summed E-state index contributed by atoms with van der Waals surface area (Å²) in [4.78, 5) is 34.9. The lowest BCUT2D eigenvalue weighted by atomic mass is 9.47. The highest BCUT2D eigenvalue weighted by Crippen LogP contribution is 2.67. The summed E-state index contributed by atoms with van der Waals surface area (Å²) in [5.41, 5.74) is 2.31. The van der Waals surface area contributed by atoms with Crippen molar-refractivity contribution in [1.82, 2.24) is 10.6 Å². The molecule has 3 N–H and O–H groups in total. The van der Waals surface area contributed by atoms with Gasteiger partial charge in [-0.1, -0.05) is 78.4 Å². The van der Waals surface area contributed by atoms with Crippen LogP contribution in [0.5, 0.6) is 0 Å². The van der Waals surface area contributed by atoms with Crippen LogP contribution in [0.4, 0.5) is 4.79 Å². The highest BCUT2D eigenvalue weighted by Gasteiger charge is 2.59. The molecular formula is C42H73N2O6P. The second kappa shape index (κ2) is 17.8. The molecule has 51 heavy (non-hydrogen) atoms. The number of fused-ring (bicyclic) bond motifs is 5. The lowest BCUT2D eigenvalue weighted by molar-refractivity contribution is -0.126. The van der Waals surface area contributed by atoms with Crippen molar-refractivity contribution < 1.29 is 28.3 Å². The minimum atomic E-state index is -3.39. The SMILES string of the molecule is CC(C)CCC[C@@H](C)[C@H]1CC[C@H]2[C@@H]3CC=C4C[C@@H](OC(=O)NC5CCC(C(=O)NCCCCCCOP(C)(=O)O)CC5)CC[C@]4(C)[C@H]3CC[C@]12C. The average molecular weight is 733 g/mol. The van der Waals surface area contributed by atoms with Gasteiger partial charge in [-0.3, -0.25) is 9.36 Å². The van der Waals surface area contributed by atoms with E-state index < -0.39 is 7.60 Å². The Morgan fingerprint density at radius 3 is 2.39 bits per heavy atom. The van der Waals surface area contributed by atoms with Gasteiger partial charge in [-0.25, -0.2) is 4.79 Å². The van der Waals surface area contributed by atoms with E-state index >= 15 is 0 Å². The summed E-state index contributed by atoms with van der Waals surface area (Å²) < 4.78 is 22.1. The van der Waals surface area contributed by atoms with Gasteiger partial charge in [-0.05, 0) is 130 Å². The van der Waals surface area contributed by atoms with Crippen molar-refractivity contribution in [3.8, 4) is 0 Å². The summed E-state index contributed by atoms with van der Waals surface area (Å²) in [7, 11) is -3.39. The summed E-state index contributed by atoms with van der Waals surface area (Å²) in [5.74, 6) is 5.09. The molecule has 0 radical (unpaired) electrons. The van der Waals surface area contributed by atoms with Crippen molar-refractivity contribution in [2.24, 2.45) is 52.3 Å². The number of unbranched alkanes of at least 4 members (excludes halogenated alkanes) is 3. The molecule has 292 valence electrons. The van der Waals surface area contributed by atoms with E-state index in [-0.39, 0.29) is 35.5 Å². The predicted molar refractivity (Wildman–Crippen MR) is 205 cm³/mol. The summed E-state index contributed by atoms with van der Waals surface area (Å²) in [5, 5.41) is 6.22. The summed E-state index contributed by atoms with van der Waals surface area (Å²) in [6.07, 6.45) is 22.8. The van der Waals surface area contributed by atoms with Crippen molar-refractivity contribution in [3.05, 3.63) is 11.6 Å². The molecule has 0 aromatic carbocycles. The number of allylic oxidation sites excluding steroid dienone is 1. The maximum atomic E-state index is 13.1. The number of carbonyl (C=O) groups is 2. The van der Waals surface area contributed by atoms with Crippen molar-refractivity contribution >= 4 is 19.6 Å². The first kappa shape index (κ1) is 40.8. The lowest BCUT2D eigenvalue weighted by Gasteiger charge is -2.58. The lowest BCUT2D eigenvalue weighted by Crippen LogP contribution is -2.51. The minimum Gasteiger partial charge on any atom is -0.446 e. The number of carbonyl (C=O) groups excluding carboxylic acids is 2. The van der Waals surface area contributed by atoms with Gasteiger partial charge < -0.3 is 24.8 Å². The van der Waals surface area contributed by atoms with E-state index in [1.165, 1.54) is 58.0 Å². The Morgan fingerprint density at radius 1 is 0.922 bits per heavy atom. The number of hydrogen-bond donors (Lipinski definition) is 3. The zero-order valence-corrected chi connectivity index (χ0v) is 34.0. The Bertz CT molecular complexity index is 1240. The maximum absolute atomic E-state index is 13.1. The van der Waals surface area contributed by atoms with Crippen LogP contribution in [-0.4, -0.2) is 48.9 Å². The molecule has 4 saturated carbocycles. The highest BCUT2D eigenvalue weighted by atomic mass is 31.2. The Kier molecular flexibility index (Phi) is 14.3. The predicted octanol–water partition coefficient (Wildman–Crippen LogP) is 10.2. The van der Waals surface area contributed by atoms with E-state index in [4.69, 9.17) is 14.2 Å². The second-order valence-corrected chi connectivity index (χ2v) is 20.5. The number of alkyl carbamates (subject to hydrolysis) is 1. The fraction of sp³-hybridized carbons (Fsp3) is 0.905. The maximum Gasteiger partial charge on any atom is 0.407 e. The van der Waals surface area contributed by atoms with Gasteiger partial charge in [0.15, 0.2) is 0 Å². The van der Waals surface area contributed by atoms with Gasteiger partial charge >= 0.3 is 13.7 Å². The van der Waals surface area contributed by atoms with E-state index in [1.807, 2.05) is 0 Å². The molecule has 1 unspecified atom stereocenters. The molecule has 8 nitrogen and oxygen atoms in total. The van der Waals surface area contributed by atoms with Gasteiger partial charge in [-0.15, -0.1) is 0 Å².